The average Bonchev–Trinajstić information content (AvgIpc) is 3.86. The quantitative estimate of drug-likeness (QED) is 0.172. The largest absolute Gasteiger partial charge is 0.481 e. The van der Waals surface area contributed by atoms with Crippen molar-refractivity contribution in [1.29, 1.82) is 0 Å². The minimum absolute atomic E-state index is 0.0166. The molecule has 0 amide bonds. The maximum Gasteiger partial charge on any atom is 0.303 e. The molecule has 9 nitrogen and oxygen atoms in total. The molecule has 1 aliphatic heterocycles. The molecule has 1 aliphatic rings. The molecule has 0 radical (unpaired) electrons. The average molecular weight is 667 g/mol. The number of aryl methyl sites for hydroxylation is 1. The lowest BCUT2D eigenvalue weighted by molar-refractivity contribution is -0.136. The first kappa shape index (κ1) is 32.3. The van der Waals surface area contributed by atoms with Gasteiger partial charge in [-0.25, -0.2) is 18.7 Å². The second kappa shape index (κ2) is 12.6. The van der Waals surface area contributed by atoms with Gasteiger partial charge < -0.3 is 29.0 Å². The summed E-state index contributed by atoms with van der Waals surface area (Å²) in [6.07, 6.45) is 6.87. The van der Waals surface area contributed by atoms with E-state index in [1.807, 2.05) is 44.2 Å². The van der Waals surface area contributed by atoms with Crippen LogP contribution in [-0.2, 0) is 33.4 Å². The lowest BCUT2D eigenvalue weighted by Gasteiger charge is -2.31. The van der Waals surface area contributed by atoms with Gasteiger partial charge in [-0.05, 0) is 75.4 Å². The summed E-state index contributed by atoms with van der Waals surface area (Å²) < 4.78 is 49.9. The molecule has 4 heterocycles. The number of nitrogens with one attached hydrogen (secondary N) is 2. The number of H-pyrrole nitrogens is 2. The Morgan fingerprint density at radius 3 is 2.71 bits per heavy atom. The number of imidazole rings is 1. The van der Waals surface area contributed by atoms with E-state index < -0.39 is 28.6 Å². The molecule has 6 bridgehead atoms. The zero-order valence-corrected chi connectivity index (χ0v) is 27.4. The third kappa shape index (κ3) is 6.33. The smallest absolute Gasteiger partial charge is 0.303 e. The van der Waals surface area contributed by atoms with Crippen LogP contribution in [-0.4, -0.2) is 37.6 Å². The predicted molar refractivity (Wildman–Crippen MR) is 179 cm³/mol. The number of rotatable bonds is 4. The third-order valence-corrected chi connectivity index (χ3v) is 9.40. The molecule has 3 aromatic carbocycles. The number of aromatic nitrogens is 4. The zero-order chi connectivity index (χ0) is 34.3. The molecule has 0 saturated heterocycles. The van der Waals surface area contributed by atoms with Crippen molar-refractivity contribution in [2.75, 3.05) is 6.61 Å². The summed E-state index contributed by atoms with van der Waals surface area (Å²) in [5.74, 6) is -0.611. The highest BCUT2D eigenvalue weighted by Crippen LogP contribution is 2.40. The van der Waals surface area contributed by atoms with E-state index in [4.69, 9.17) is 13.9 Å². The number of halogens is 2. The van der Waals surface area contributed by atoms with Crippen molar-refractivity contribution >= 4 is 16.9 Å². The monoisotopic (exact) mass is 666 g/mol. The minimum Gasteiger partial charge on any atom is -0.481 e. The summed E-state index contributed by atoms with van der Waals surface area (Å²) in [6.45, 7) is 6.29. The Kier molecular flexibility index (Phi) is 8.32. The van der Waals surface area contributed by atoms with Gasteiger partial charge in [0.05, 0.1) is 18.2 Å². The lowest BCUT2D eigenvalue weighted by atomic mass is 9.75. The summed E-state index contributed by atoms with van der Waals surface area (Å²) in [7, 11) is 0. The minimum atomic E-state index is -0.863. The van der Waals surface area contributed by atoms with E-state index in [9.17, 15) is 9.90 Å². The molecule has 1 atom stereocenters. The molecule has 7 rings (SSSR count). The van der Waals surface area contributed by atoms with E-state index in [-0.39, 0.29) is 35.7 Å². The van der Waals surface area contributed by atoms with Gasteiger partial charge in [0.15, 0.2) is 23.2 Å². The van der Waals surface area contributed by atoms with Gasteiger partial charge in [-0.2, -0.15) is 0 Å². The molecular weight excluding hydrogens is 630 g/mol. The summed E-state index contributed by atoms with van der Waals surface area (Å²) in [4.78, 5) is 26.8. The standard InChI is InChI=1S/C38H36F2N4O5/c1-37(2)32-21-42-33(49-32)18-26-25-12-14-41-30(25)19-29(40)35(26)48-24-9-10-28(39)27(17-24)36-43-20-31(44-36)38(3,13-5-15-47-37)23-7-4-6-22(16-23)8-11-34(45)46/h4,6-7,9-10,12,14,16-17,19-21,41H,5,8,11,13,15,18H2,1-3H3,(H,43,44)(H,45,46). The molecule has 6 aromatic rings. The number of hydrogen-bond donors (Lipinski definition) is 3. The molecule has 3 aromatic heterocycles. The first-order chi connectivity index (χ1) is 23.5. The van der Waals surface area contributed by atoms with Gasteiger partial charge >= 0.3 is 5.97 Å². The molecule has 49 heavy (non-hydrogen) atoms. The number of fused-ring (bicyclic) bond motifs is 10. The number of carbonyl (C=O) groups is 1. The lowest BCUT2D eigenvalue weighted by Crippen LogP contribution is -2.27. The Labute approximate surface area is 281 Å². The topological polar surface area (TPSA) is 126 Å². The number of carboxylic acid groups (broad SMARTS) is 1. The van der Waals surface area contributed by atoms with E-state index in [0.717, 1.165) is 22.2 Å². The molecule has 0 spiro atoms. The van der Waals surface area contributed by atoms with Gasteiger partial charge in [-0.1, -0.05) is 24.3 Å². The number of hydrogen-bond acceptors (Lipinski definition) is 6. The summed E-state index contributed by atoms with van der Waals surface area (Å²) in [6, 6.07) is 15.3. The molecule has 0 aliphatic carbocycles. The van der Waals surface area contributed by atoms with Crippen molar-refractivity contribution < 1.29 is 32.6 Å². The third-order valence-electron chi connectivity index (χ3n) is 9.40. The number of ether oxygens (including phenoxy) is 2. The van der Waals surface area contributed by atoms with Crippen LogP contribution in [0, 0.1) is 11.6 Å². The summed E-state index contributed by atoms with van der Waals surface area (Å²) in [5.41, 5.74) is 2.42. The van der Waals surface area contributed by atoms with Crippen LogP contribution in [0.5, 0.6) is 11.5 Å². The predicted octanol–water partition coefficient (Wildman–Crippen LogP) is 8.58. The van der Waals surface area contributed by atoms with Crippen LogP contribution in [0.25, 0.3) is 22.3 Å². The van der Waals surface area contributed by atoms with Gasteiger partial charge in [0.1, 0.15) is 23.0 Å². The second-order valence-corrected chi connectivity index (χ2v) is 13.2. The van der Waals surface area contributed by atoms with E-state index in [0.29, 0.717) is 48.6 Å². The highest BCUT2D eigenvalue weighted by atomic mass is 19.1. The second-order valence-electron chi connectivity index (χ2n) is 13.2. The zero-order valence-electron chi connectivity index (χ0n) is 27.4. The van der Waals surface area contributed by atoms with Crippen molar-refractivity contribution in [2.45, 2.75) is 63.9 Å². The SMILES string of the molecule is CC1(C)OCCCC(C)(c2cccc(CCC(=O)O)c2)c2cnc([nH]2)-c2cc(ccc2F)Oc2c(F)cc3[nH]ccc3c2Cc2ncc1o2. The van der Waals surface area contributed by atoms with Gasteiger partial charge in [0.2, 0.25) is 0 Å². The maximum atomic E-state index is 15.7. The highest BCUT2D eigenvalue weighted by Gasteiger charge is 2.33. The first-order valence-corrected chi connectivity index (χ1v) is 16.2. The van der Waals surface area contributed by atoms with E-state index in [1.165, 1.54) is 24.3 Å². The highest BCUT2D eigenvalue weighted by molar-refractivity contribution is 5.86. The Bertz CT molecular complexity index is 2170. The van der Waals surface area contributed by atoms with Gasteiger partial charge in [-0.15, -0.1) is 0 Å². The Morgan fingerprint density at radius 1 is 1.02 bits per heavy atom. The van der Waals surface area contributed by atoms with Crippen LogP contribution in [0.4, 0.5) is 8.78 Å². The van der Waals surface area contributed by atoms with Crippen LogP contribution >= 0.6 is 0 Å². The number of nitrogens with zero attached hydrogens (tertiary/aromatic N) is 2. The number of oxazole rings is 1. The summed E-state index contributed by atoms with van der Waals surface area (Å²) in [5, 5.41) is 10.0. The van der Waals surface area contributed by atoms with E-state index in [2.05, 4.69) is 26.9 Å². The van der Waals surface area contributed by atoms with Crippen LogP contribution in [0.3, 0.4) is 0 Å². The van der Waals surface area contributed by atoms with Gasteiger partial charge in [-0.3, -0.25) is 4.79 Å². The van der Waals surface area contributed by atoms with Gasteiger partial charge in [0, 0.05) is 59.1 Å². The van der Waals surface area contributed by atoms with Crippen LogP contribution in [0.15, 0.2) is 77.6 Å². The van der Waals surface area contributed by atoms with Crippen molar-refractivity contribution in [3.63, 3.8) is 0 Å². The van der Waals surface area contributed by atoms with Gasteiger partial charge in [0.25, 0.3) is 0 Å². The van der Waals surface area contributed by atoms with Crippen LogP contribution in [0.2, 0.25) is 0 Å². The Morgan fingerprint density at radius 2 is 1.88 bits per heavy atom. The number of benzene rings is 3. The fraction of sp³-hybridized carbons (Fsp3) is 0.289. The summed E-state index contributed by atoms with van der Waals surface area (Å²) >= 11 is 0. The maximum absolute atomic E-state index is 15.7. The molecule has 3 N–H and O–H groups in total. The normalized spacial score (nSPS) is 17.8. The molecule has 0 saturated carbocycles. The van der Waals surface area contributed by atoms with Crippen molar-refractivity contribution in [1.82, 2.24) is 19.9 Å². The molecular formula is C38H36F2N4O5. The first-order valence-electron chi connectivity index (χ1n) is 16.2. The van der Waals surface area contributed by atoms with Crippen molar-refractivity contribution in [3.05, 3.63) is 119 Å². The number of aromatic amines is 2. The van der Waals surface area contributed by atoms with Crippen LogP contribution < -0.4 is 4.74 Å². The van der Waals surface area contributed by atoms with Crippen LogP contribution in [0.1, 0.15) is 74.1 Å². The van der Waals surface area contributed by atoms with Crippen molar-refractivity contribution in [2.24, 2.45) is 0 Å². The molecule has 252 valence electrons. The Balaban J connectivity index is 1.34. The fourth-order valence-corrected chi connectivity index (χ4v) is 6.52. The van der Waals surface area contributed by atoms with E-state index in [1.54, 1.807) is 18.6 Å². The Hall–Kier alpha value is -5.29. The van der Waals surface area contributed by atoms with Crippen molar-refractivity contribution in [3.8, 4) is 22.9 Å². The molecule has 0 fully saturated rings. The number of aliphatic carboxylic acids is 1. The van der Waals surface area contributed by atoms with E-state index >= 15 is 8.78 Å². The fourth-order valence-electron chi connectivity index (χ4n) is 6.52. The molecule has 11 heteroatoms. The molecule has 1 unspecified atom stereocenters. The number of carboxylic acids is 1.